The zero-order chi connectivity index (χ0) is 66.6. The van der Waals surface area contributed by atoms with E-state index in [1.807, 2.05) is 20.8 Å². The van der Waals surface area contributed by atoms with Crippen LogP contribution in [0.3, 0.4) is 0 Å². The minimum Gasteiger partial charge on any atom is -0.427 e. The van der Waals surface area contributed by atoms with E-state index in [1.54, 1.807) is 49.7 Å². The summed E-state index contributed by atoms with van der Waals surface area (Å²) in [5.41, 5.74) is 31.1. The first kappa shape index (κ1) is 70.7. The van der Waals surface area contributed by atoms with Gasteiger partial charge in [0.15, 0.2) is 5.69 Å². The molecule has 0 saturated heterocycles. The smallest absolute Gasteiger partial charge is 0.427 e. The molecule has 90 heavy (non-hydrogen) atoms. The van der Waals surface area contributed by atoms with Crippen LogP contribution < -0.4 is 28.7 Å². The van der Waals surface area contributed by atoms with Crippen LogP contribution in [0.4, 0.5) is 51.2 Å². The van der Waals surface area contributed by atoms with Crippen molar-refractivity contribution in [2.24, 2.45) is 5.73 Å². The second-order valence-electron chi connectivity index (χ2n) is 19.0. The monoisotopic (exact) mass is 1430 g/mol. The van der Waals surface area contributed by atoms with Crippen LogP contribution in [-0.2, 0) is 0 Å². The molecule has 0 atom stereocenters. The van der Waals surface area contributed by atoms with Gasteiger partial charge in [-0.3, -0.25) is 50.6 Å². The first-order valence-corrected chi connectivity index (χ1v) is 31.0. The fourth-order valence-electron chi connectivity index (χ4n) is 7.54. The lowest BCUT2D eigenvalue weighted by Crippen LogP contribution is -2.09. The number of hydrogen-bond donors (Lipinski definition) is 7. The van der Waals surface area contributed by atoms with Crippen molar-refractivity contribution in [1.29, 1.82) is 0 Å². The van der Waals surface area contributed by atoms with Gasteiger partial charge >= 0.3 is 29.9 Å². The zero-order valence-electron chi connectivity index (χ0n) is 47.4. The van der Waals surface area contributed by atoms with Gasteiger partial charge < -0.3 is 38.7 Å². The number of anilines is 4. The number of nitro groups is 5. The predicted molar refractivity (Wildman–Crippen MR) is 355 cm³/mol. The van der Waals surface area contributed by atoms with E-state index in [2.05, 4.69) is 78.0 Å². The van der Waals surface area contributed by atoms with Crippen molar-refractivity contribution in [3.05, 3.63) is 146 Å². The number of aryl methyl sites for hydroxylation is 4. The summed E-state index contributed by atoms with van der Waals surface area (Å²) in [6.45, 7) is 9.23. The minimum absolute atomic E-state index is 0.0530. The van der Waals surface area contributed by atoms with Crippen molar-refractivity contribution in [1.82, 2.24) is 49.8 Å². The Morgan fingerprint density at radius 2 is 0.967 bits per heavy atom. The van der Waals surface area contributed by atoms with Crippen molar-refractivity contribution >= 4 is 201 Å². The summed E-state index contributed by atoms with van der Waals surface area (Å²) in [4.78, 5) is 93.7. The van der Waals surface area contributed by atoms with Crippen LogP contribution in [0.5, 0.6) is 0 Å². The van der Waals surface area contributed by atoms with E-state index in [0.717, 1.165) is 90.1 Å². The van der Waals surface area contributed by atoms with E-state index in [-0.39, 0.29) is 33.5 Å². The number of pyridine rings is 6. The van der Waals surface area contributed by atoms with Crippen LogP contribution in [0.1, 0.15) is 88.4 Å². The number of nitrogens with zero attached hydrogens (tertiary/aromatic N) is 15. The van der Waals surface area contributed by atoms with Gasteiger partial charge in [-0.1, -0.05) is 93.6 Å². The van der Waals surface area contributed by atoms with E-state index in [4.69, 9.17) is 61.9 Å². The Bertz CT molecular complexity index is 4230. The summed E-state index contributed by atoms with van der Waals surface area (Å²) < 4.78 is 0.400. The third-order valence-corrected chi connectivity index (χ3v) is 16.7. The summed E-state index contributed by atoms with van der Waals surface area (Å²) in [6, 6.07) is 3.29. The standard InChI is InChI=1S/C10H9N3O2S.C10H11N3S.C7H4BrN3O2S.C7H6N4O2S.C5H3ClN4O4.C5H5ClN2.C3H7BO2.C2H5NS/c1-5-12-9-8(6-2-3-6)7(13(14)15)4-11-10(9)16-5;1-5-13-9-8(6-2-3-6)7(11)4-12-10(9)14-5;2*1-3-10-6-5(8)4(11(12)13)2-9-7(6)14-3;6-5-4(10(13)14)3(7)2(1-8-5)9(11)12;6-5-3-4(7)1-2-8-5;5-4(6)3-1-2-3;1-2(3)4/h4,6H,2-3H2,1H3;4,6H,2-3,11H2,1H3;2H,1H3;2H,1H3,(H2,8,9);1H,(H2,7,8);1-3H,(H2,7,8);3,5-6H,1-2H2;1H3,(H2,3,4). The molecule has 41 heteroatoms. The molecule has 0 unspecified atom stereocenters. The number of halogens is 3. The second-order valence-corrected chi connectivity index (χ2v) is 26.0. The number of thiazole rings is 4. The normalized spacial score (nSPS) is 12.6. The Balaban J connectivity index is 0.000000168. The molecule has 12 N–H and O–H groups in total. The van der Waals surface area contributed by atoms with Gasteiger partial charge in [-0.25, -0.2) is 49.8 Å². The fourth-order valence-corrected chi connectivity index (χ4v) is 11.7. The lowest BCUT2D eigenvalue weighted by Gasteiger charge is -2.02. The molecule has 0 amide bonds. The van der Waals surface area contributed by atoms with Gasteiger partial charge in [-0.15, -0.1) is 0 Å². The molecule has 3 fully saturated rings. The number of rotatable bonds is 8. The molecule has 0 aliphatic heterocycles. The maximum atomic E-state index is 10.9. The van der Waals surface area contributed by atoms with E-state index in [0.29, 0.717) is 52.8 Å². The molecule has 472 valence electrons. The SMILES string of the molecule is CC(N)=S.Cc1nc2c(Br)c([N+](=O)[O-])cnc2s1.Cc1nc2c(C3CC3)c(N)cnc2s1.Cc1nc2c(C3CC3)c([N+](=O)[O-])cnc2s1.Cc1nc2c(N)c([N+](=O)[O-])cnc2s1.Nc1c([N+](=O)[O-])cnc(Cl)c1[N+](=O)[O-].Nc1ccnc(Cl)c1.OB(O)C1CC1. The van der Waals surface area contributed by atoms with Crippen LogP contribution in [0, 0.1) is 78.3 Å². The average Bonchev–Trinajstić information content (AvgIpc) is 2.09. The number of thiocarbonyl (C=S) groups is 1. The van der Waals surface area contributed by atoms with E-state index in [9.17, 15) is 50.6 Å². The molecule has 3 saturated carbocycles. The molecule has 10 aromatic heterocycles. The summed E-state index contributed by atoms with van der Waals surface area (Å²) in [7, 11) is -1.04. The Hall–Kier alpha value is -8.41. The summed E-state index contributed by atoms with van der Waals surface area (Å²) >= 11 is 24.2. The van der Waals surface area contributed by atoms with Crippen LogP contribution >= 0.6 is 96.7 Å². The van der Waals surface area contributed by atoms with Crippen molar-refractivity contribution in [2.75, 3.05) is 22.9 Å². The van der Waals surface area contributed by atoms with E-state index in [1.165, 1.54) is 64.8 Å². The molecule has 3 aliphatic carbocycles. The minimum atomic E-state index is -1.04. The first-order chi connectivity index (χ1) is 42.4. The fraction of sp³-hybridized carbons (Fsp3) is 0.286. The second kappa shape index (κ2) is 31.4. The van der Waals surface area contributed by atoms with Gasteiger partial charge in [0.2, 0.25) is 5.15 Å². The van der Waals surface area contributed by atoms with Crippen LogP contribution in [0.25, 0.3) is 41.4 Å². The largest absolute Gasteiger partial charge is 0.454 e. The van der Waals surface area contributed by atoms with Crippen LogP contribution in [0.15, 0.2) is 53.8 Å². The number of nitrogens with two attached hydrogens (primary N) is 5. The number of fused-ring (bicyclic) bond motifs is 4. The number of hydrogen-bond acceptors (Lipinski definition) is 31. The molecule has 13 rings (SSSR count). The highest BCUT2D eigenvalue weighted by molar-refractivity contribution is 9.10. The van der Waals surface area contributed by atoms with Crippen molar-refractivity contribution in [3.8, 4) is 0 Å². The topological polar surface area (TPSA) is 515 Å². The van der Waals surface area contributed by atoms with Gasteiger partial charge in [-0.2, -0.15) is 0 Å². The summed E-state index contributed by atoms with van der Waals surface area (Å²) in [5, 5.41) is 72.9. The molecule has 3 aliphatic rings. The summed E-state index contributed by atoms with van der Waals surface area (Å²) in [5.74, 6) is 1.17. The molecule has 0 bridgehead atoms. The highest BCUT2D eigenvalue weighted by atomic mass is 79.9. The molecular weight excluding hydrogens is 1380 g/mol. The number of aromatic nitrogens is 10. The maximum Gasteiger partial charge on any atom is 0.454 e. The molecule has 0 spiro atoms. The number of nitrogen functional groups attached to an aromatic ring is 4. The first-order valence-electron chi connectivity index (χ1n) is 25.7. The van der Waals surface area contributed by atoms with Gasteiger partial charge in [-0.05, 0) is 106 Å². The molecular formula is C49H50BBrCl2N20O12S5. The van der Waals surface area contributed by atoms with E-state index < -0.39 is 49.0 Å². The highest BCUT2D eigenvalue weighted by Gasteiger charge is 2.35. The van der Waals surface area contributed by atoms with Crippen molar-refractivity contribution in [3.63, 3.8) is 0 Å². The quantitative estimate of drug-likeness (QED) is 0.0244. The van der Waals surface area contributed by atoms with Gasteiger partial charge in [0.05, 0.1) is 67.1 Å². The predicted octanol–water partition coefficient (Wildman–Crippen LogP) is 11.8. The van der Waals surface area contributed by atoms with Gasteiger partial charge in [0.1, 0.15) is 81.5 Å². The molecule has 0 radical (unpaired) electrons. The van der Waals surface area contributed by atoms with Gasteiger partial charge in [0, 0.05) is 17.4 Å². The molecule has 32 nitrogen and oxygen atoms in total. The van der Waals surface area contributed by atoms with Crippen molar-refractivity contribution in [2.45, 2.75) is 90.8 Å². The van der Waals surface area contributed by atoms with Crippen LogP contribution in [-0.4, -0.2) is 96.6 Å². The summed E-state index contributed by atoms with van der Waals surface area (Å²) in [6.07, 6.45) is 14.4. The maximum absolute atomic E-state index is 10.9. The lowest BCUT2D eigenvalue weighted by atomic mass is 9.84. The van der Waals surface area contributed by atoms with Gasteiger partial charge in [0.25, 0.3) is 5.69 Å². The Morgan fingerprint density at radius 3 is 1.38 bits per heavy atom. The van der Waals surface area contributed by atoms with Crippen LogP contribution in [0.2, 0.25) is 16.1 Å². The Labute approximate surface area is 547 Å². The van der Waals surface area contributed by atoms with Crippen molar-refractivity contribution < 1.29 is 34.7 Å². The van der Waals surface area contributed by atoms with E-state index >= 15 is 0 Å². The third kappa shape index (κ3) is 19.3. The molecule has 10 heterocycles. The Morgan fingerprint density at radius 1 is 0.578 bits per heavy atom. The Kier molecular flexibility index (Phi) is 24.6. The third-order valence-electron chi connectivity index (χ3n) is 11.9. The highest BCUT2D eigenvalue weighted by Crippen LogP contribution is 2.48. The zero-order valence-corrected chi connectivity index (χ0v) is 54.6. The molecule has 0 aromatic carbocycles. The lowest BCUT2D eigenvalue weighted by molar-refractivity contribution is -0.392. The molecule has 10 aromatic rings. The average molecular weight is 1430 g/mol.